The molecule has 0 aliphatic rings. The molecule has 0 bridgehead atoms. The fourth-order valence-corrected chi connectivity index (χ4v) is 7.30. The molecule has 0 fully saturated rings. The highest BCUT2D eigenvalue weighted by atomic mass is 16.6. The highest BCUT2D eigenvalue weighted by Gasteiger charge is 2.37. The predicted octanol–water partition coefficient (Wildman–Crippen LogP) is 9.68. The molecule has 3 N–H and O–H groups in total. The van der Waals surface area contributed by atoms with Crippen molar-refractivity contribution in [3.63, 3.8) is 0 Å². The number of phenols is 1. The first kappa shape index (κ1) is 47.0. The number of aliphatic hydroxyl groups excluding tert-OH is 1. The van der Waals surface area contributed by atoms with Crippen molar-refractivity contribution >= 4 is 5.78 Å². The average molecular weight is 797 g/mol. The van der Waals surface area contributed by atoms with Gasteiger partial charge in [0.1, 0.15) is 11.7 Å². The Morgan fingerprint density at radius 3 is 1.79 bits per heavy atom. The number of benzene rings is 3. The van der Waals surface area contributed by atoms with Crippen LogP contribution in [0, 0.1) is 5.92 Å². The molecule has 0 saturated carbocycles. The SMILES string of the molecule is CCCCCCC(O)(CC)C(=O)c1cc(OC)c(OC(CO)C(c2cc(OC)c(OC(CCC)CCCC(C)C)c(OC)c2)c2cccc(OC)c2O)c(OC)c1. The number of ketones is 1. The Balaban J connectivity index is 2.19. The van der Waals surface area contributed by atoms with Crippen molar-refractivity contribution < 1.29 is 53.3 Å². The molecule has 4 atom stereocenters. The van der Waals surface area contributed by atoms with Gasteiger partial charge in [-0.25, -0.2) is 0 Å². The Bertz CT molecular complexity index is 1640. The number of methoxy groups -OCH3 is 5. The Morgan fingerprint density at radius 1 is 0.702 bits per heavy atom. The molecule has 3 aromatic carbocycles. The Hall–Kier alpha value is -4.35. The van der Waals surface area contributed by atoms with Crippen LogP contribution < -0.4 is 33.2 Å². The second kappa shape index (κ2) is 23.2. The minimum absolute atomic E-state index is 0.0571. The van der Waals surface area contributed by atoms with Crippen LogP contribution in [-0.2, 0) is 0 Å². The number of aliphatic hydroxyl groups is 2. The van der Waals surface area contributed by atoms with Crippen LogP contribution in [0.3, 0.4) is 0 Å². The van der Waals surface area contributed by atoms with Gasteiger partial charge in [-0.2, -0.15) is 0 Å². The lowest BCUT2D eigenvalue weighted by Crippen LogP contribution is -2.38. The molecule has 0 spiro atoms. The first-order valence-corrected chi connectivity index (χ1v) is 20.5. The molecule has 0 amide bonds. The van der Waals surface area contributed by atoms with Gasteiger partial charge in [-0.1, -0.05) is 85.3 Å². The van der Waals surface area contributed by atoms with Gasteiger partial charge < -0.3 is 48.5 Å². The van der Waals surface area contributed by atoms with Crippen molar-refractivity contribution in [3.8, 4) is 46.0 Å². The van der Waals surface area contributed by atoms with Gasteiger partial charge in [0.15, 0.2) is 40.3 Å². The molecule has 11 heteroatoms. The average Bonchev–Trinajstić information content (AvgIpc) is 3.22. The Kier molecular flexibility index (Phi) is 19.1. The highest BCUT2D eigenvalue weighted by molar-refractivity contribution is 6.03. The molecule has 0 aliphatic heterocycles. The molecule has 0 radical (unpaired) electrons. The van der Waals surface area contributed by atoms with Gasteiger partial charge in [0.25, 0.3) is 0 Å². The van der Waals surface area contributed by atoms with E-state index in [9.17, 15) is 20.1 Å². The number of hydrogen-bond donors (Lipinski definition) is 3. The third-order valence-corrected chi connectivity index (χ3v) is 10.6. The molecule has 0 aromatic heterocycles. The summed E-state index contributed by atoms with van der Waals surface area (Å²) < 4.78 is 42.2. The van der Waals surface area contributed by atoms with E-state index in [1.54, 1.807) is 51.5 Å². The number of unbranched alkanes of at least 4 members (excludes halogenated alkanes) is 3. The zero-order chi connectivity index (χ0) is 42.1. The Labute approximate surface area is 340 Å². The van der Waals surface area contributed by atoms with E-state index in [1.807, 2.05) is 0 Å². The number of hydrogen-bond acceptors (Lipinski definition) is 11. The maximum absolute atomic E-state index is 13.9. The van der Waals surface area contributed by atoms with Gasteiger partial charge in [0, 0.05) is 11.1 Å². The summed E-state index contributed by atoms with van der Waals surface area (Å²) in [5.41, 5.74) is -0.391. The third-order valence-electron chi connectivity index (χ3n) is 10.6. The van der Waals surface area contributed by atoms with Crippen molar-refractivity contribution in [2.45, 2.75) is 129 Å². The maximum atomic E-state index is 13.9. The molecule has 0 aliphatic carbocycles. The van der Waals surface area contributed by atoms with E-state index in [-0.39, 0.29) is 46.8 Å². The lowest BCUT2D eigenvalue weighted by atomic mass is 9.85. The number of aromatic hydroxyl groups is 1. The first-order chi connectivity index (χ1) is 27.4. The van der Waals surface area contributed by atoms with Crippen LogP contribution in [0.2, 0.25) is 0 Å². The van der Waals surface area contributed by atoms with Gasteiger partial charge in [-0.15, -0.1) is 0 Å². The molecular formula is C46H68O11. The summed E-state index contributed by atoms with van der Waals surface area (Å²) in [5.74, 6) is 1.10. The molecule has 11 nitrogen and oxygen atoms in total. The number of ether oxygens (including phenoxy) is 7. The smallest absolute Gasteiger partial charge is 0.203 e. The fourth-order valence-electron chi connectivity index (χ4n) is 7.30. The first-order valence-electron chi connectivity index (χ1n) is 20.5. The van der Waals surface area contributed by atoms with Crippen LogP contribution in [0.4, 0.5) is 0 Å². The molecule has 0 heterocycles. The number of carbonyl (C=O) groups is 1. The zero-order valence-corrected chi connectivity index (χ0v) is 35.9. The topological polar surface area (TPSA) is 142 Å². The minimum atomic E-state index is -1.56. The predicted molar refractivity (Wildman–Crippen MR) is 223 cm³/mol. The van der Waals surface area contributed by atoms with Crippen LogP contribution in [-0.4, -0.2) is 81.1 Å². The molecular weight excluding hydrogens is 728 g/mol. The van der Waals surface area contributed by atoms with Crippen molar-refractivity contribution in [2.24, 2.45) is 5.92 Å². The molecule has 3 aromatic rings. The minimum Gasteiger partial charge on any atom is -0.504 e. The molecule has 318 valence electrons. The molecule has 4 unspecified atom stereocenters. The number of phenolic OH excluding ortho intramolecular Hbond substituents is 1. The van der Waals surface area contributed by atoms with Crippen molar-refractivity contribution in [3.05, 3.63) is 59.2 Å². The Morgan fingerprint density at radius 2 is 1.28 bits per heavy atom. The van der Waals surface area contributed by atoms with Crippen LogP contribution in [0.25, 0.3) is 0 Å². The van der Waals surface area contributed by atoms with E-state index in [0.29, 0.717) is 40.7 Å². The molecule has 3 rings (SSSR count). The van der Waals surface area contributed by atoms with Crippen LogP contribution in [0.1, 0.15) is 133 Å². The van der Waals surface area contributed by atoms with E-state index < -0.39 is 30.0 Å². The lowest BCUT2D eigenvalue weighted by molar-refractivity contribution is 0.0237. The summed E-state index contributed by atoms with van der Waals surface area (Å²) in [6, 6.07) is 11.7. The second-order valence-corrected chi connectivity index (χ2v) is 15.1. The van der Waals surface area contributed by atoms with Gasteiger partial charge >= 0.3 is 0 Å². The number of Topliss-reactive ketones (excluding diaryl/α,β-unsaturated/α-hetero) is 1. The van der Waals surface area contributed by atoms with Gasteiger partial charge in [-0.05, 0) is 73.9 Å². The monoisotopic (exact) mass is 796 g/mol. The summed E-state index contributed by atoms with van der Waals surface area (Å²) in [7, 11) is 7.45. The van der Waals surface area contributed by atoms with E-state index in [0.717, 1.165) is 57.8 Å². The van der Waals surface area contributed by atoms with Crippen molar-refractivity contribution in [1.82, 2.24) is 0 Å². The zero-order valence-electron chi connectivity index (χ0n) is 35.9. The standard InChI is InChI=1S/C46H68O11/c1-11-14-15-16-24-46(50,13-3)45(49)32-27-38(54-9)44(39(28-32)55-10)57-40(29-47)41(34-22-18-23-35(51-6)42(34)48)31-25-36(52-7)43(37(26-31)53-8)56-33(19-12-2)21-17-20-30(4)5/h18,22-23,25-28,30,33,40-41,47-48,50H,11-17,19-21,24,29H2,1-10H3. The van der Waals surface area contributed by atoms with Crippen LogP contribution in [0.5, 0.6) is 46.0 Å². The van der Waals surface area contributed by atoms with Gasteiger partial charge in [-0.3, -0.25) is 4.79 Å². The summed E-state index contributed by atoms with van der Waals surface area (Å²) in [6.07, 6.45) is 7.95. The summed E-state index contributed by atoms with van der Waals surface area (Å²) >= 11 is 0. The van der Waals surface area contributed by atoms with Gasteiger partial charge in [0.2, 0.25) is 11.5 Å². The lowest BCUT2D eigenvalue weighted by Gasteiger charge is -2.31. The van der Waals surface area contributed by atoms with Gasteiger partial charge in [0.05, 0.1) is 54.2 Å². The highest BCUT2D eigenvalue weighted by Crippen LogP contribution is 2.48. The molecule has 0 saturated heterocycles. The third kappa shape index (κ3) is 12.1. The summed E-state index contributed by atoms with van der Waals surface area (Å²) in [4.78, 5) is 13.9. The largest absolute Gasteiger partial charge is 0.504 e. The van der Waals surface area contributed by atoms with Crippen molar-refractivity contribution in [2.75, 3.05) is 42.2 Å². The van der Waals surface area contributed by atoms with E-state index >= 15 is 0 Å². The van der Waals surface area contributed by atoms with Crippen LogP contribution >= 0.6 is 0 Å². The summed E-state index contributed by atoms with van der Waals surface area (Å²) in [6.45, 7) is 9.94. The van der Waals surface area contributed by atoms with Crippen molar-refractivity contribution in [1.29, 1.82) is 0 Å². The molecule has 57 heavy (non-hydrogen) atoms. The van der Waals surface area contributed by atoms with E-state index in [2.05, 4.69) is 27.7 Å². The number of rotatable bonds is 27. The quantitative estimate of drug-likeness (QED) is 0.0501. The fraction of sp³-hybridized carbons (Fsp3) is 0.587. The summed E-state index contributed by atoms with van der Waals surface area (Å²) in [5, 5.41) is 34.2. The number of para-hydroxylation sites is 1. The normalized spacial score (nSPS) is 14.0. The second-order valence-electron chi connectivity index (χ2n) is 15.1. The number of carbonyl (C=O) groups excluding carboxylic acids is 1. The van der Waals surface area contributed by atoms with Crippen LogP contribution in [0.15, 0.2) is 42.5 Å². The maximum Gasteiger partial charge on any atom is 0.203 e. The van der Waals surface area contributed by atoms with E-state index in [1.165, 1.54) is 33.5 Å². The van der Waals surface area contributed by atoms with E-state index in [4.69, 9.17) is 33.2 Å².